The summed E-state index contributed by atoms with van der Waals surface area (Å²) in [6, 6.07) is 13.3. The van der Waals surface area contributed by atoms with E-state index in [0.29, 0.717) is 11.3 Å². The summed E-state index contributed by atoms with van der Waals surface area (Å²) in [5.74, 6) is 3.95. The molecule has 0 aliphatic heterocycles. The number of nitrogens with zero attached hydrogens (tertiary/aromatic N) is 2. The fourth-order valence-electron chi connectivity index (χ4n) is 2.71. The van der Waals surface area contributed by atoms with Crippen LogP contribution in [0.3, 0.4) is 0 Å². The lowest BCUT2D eigenvalue weighted by molar-refractivity contribution is -0.123. The molecule has 32 heavy (non-hydrogen) atoms. The number of rotatable bonds is 4. The lowest BCUT2D eigenvalue weighted by atomic mass is 9.95. The quantitative estimate of drug-likeness (QED) is 0.117. The molecule has 0 radical (unpaired) electrons. The number of imidazole rings is 1. The van der Waals surface area contributed by atoms with Gasteiger partial charge in [-0.05, 0) is 55.5 Å². The van der Waals surface area contributed by atoms with Crippen molar-refractivity contribution in [2.45, 2.75) is 12.5 Å². The second-order valence-corrected chi connectivity index (χ2v) is 6.90. The first-order valence-electron chi connectivity index (χ1n) is 9.30. The Bertz CT molecular complexity index is 1230. The normalized spacial score (nSPS) is 12.9. The molecule has 2 amide bonds. The summed E-state index contributed by atoms with van der Waals surface area (Å²) in [5, 5.41) is 19.8. The molecule has 0 aliphatic rings. The number of hydrogen-bond donors (Lipinski definition) is 6. The van der Waals surface area contributed by atoms with E-state index in [-0.39, 0.29) is 17.2 Å². The molecule has 1 unspecified atom stereocenters. The topological polar surface area (TPSA) is 180 Å². The van der Waals surface area contributed by atoms with Gasteiger partial charge < -0.3 is 21.6 Å². The van der Waals surface area contributed by atoms with Crippen molar-refractivity contribution in [3.8, 4) is 11.8 Å². The predicted octanol–water partition coefficient (Wildman–Crippen LogP) is 0.968. The van der Waals surface area contributed by atoms with Crippen LogP contribution < -0.4 is 16.9 Å². The number of nitrogens with one attached hydrogen (secondary N) is 2. The van der Waals surface area contributed by atoms with Gasteiger partial charge in [-0.15, -0.1) is 0 Å². The van der Waals surface area contributed by atoms with E-state index in [1.807, 2.05) is 0 Å². The minimum absolute atomic E-state index is 0.00831. The molecule has 3 rings (SSSR count). The molecule has 1 atom stereocenters. The molecule has 10 nitrogen and oxygen atoms in total. The van der Waals surface area contributed by atoms with Crippen LogP contribution in [-0.2, 0) is 10.4 Å². The number of carbonyl (C=O) groups excluding carboxylic acids is 2. The maximum Gasteiger partial charge on any atom is 0.292 e. The number of carbonyl (C=O) groups is 2. The SMILES string of the molecule is CC(O)(/C(=N\C(=O)c1ccc(C#Cc2ccc(N)cc2)cc1)C(=O)NO)c1c[nH]c(N)n1. The zero-order valence-corrected chi connectivity index (χ0v) is 17.0. The van der Waals surface area contributed by atoms with Crippen LogP contribution in [0.2, 0.25) is 0 Å². The minimum atomic E-state index is -2.11. The molecule has 2 aromatic carbocycles. The van der Waals surface area contributed by atoms with Gasteiger partial charge in [0.05, 0.1) is 5.69 Å². The Kier molecular flexibility index (Phi) is 6.34. The molecule has 10 heteroatoms. The van der Waals surface area contributed by atoms with Crippen molar-refractivity contribution in [2.24, 2.45) is 4.99 Å². The number of benzene rings is 2. The number of aromatic nitrogens is 2. The van der Waals surface area contributed by atoms with E-state index < -0.39 is 23.1 Å². The van der Waals surface area contributed by atoms with Gasteiger partial charge in [0.1, 0.15) is 5.71 Å². The van der Waals surface area contributed by atoms with E-state index in [1.54, 1.807) is 36.4 Å². The van der Waals surface area contributed by atoms with Crippen molar-refractivity contribution in [1.29, 1.82) is 0 Å². The van der Waals surface area contributed by atoms with E-state index in [4.69, 9.17) is 16.7 Å². The molecular weight excluding hydrogens is 412 g/mol. The van der Waals surface area contributed by atoms with Gasteiger partial charge in [0, 0.05) is 28.6 Å². The van der Waals surface area contributed by atoms with Gasteiger partial charge in [-0.2, -0.15) is 0 Å². The Hall–Kier alpha value is -4.46. The van der Waals surface area contributed by atoms with Crippen molar-refractivity contribution < 1.29 is 19.9 Å². The number of nitrogen functional groups attached to an aromatic ring is 2. The molecule has 0 saturated carbocycles. The van der Waals surface area contributed by atoms with Crippen LogP contribution in [0.5, 0.6) is 0 Å². The highest BCUT2D eigenvalue weighted by Gasteiger charge is 2.38. The number of aromatic amines is 1. The molecule has 1 aromatic heterocycles. The number of nitrogens with two attached hydrogens (primary N) is 2. The first-order valence-corrected chi connectivity index (χ1v) is 9.30. The summed E-state index contributed by atoms with van der Waals surface area (Å²) >= 11 is 0. The van der Waals surface area contributed by atoms with Crippen LogP contribution >= 0.6 is 0 Å². The van der Waals surface area contributed by atoms with Gasteiger partial charge in [-0.3, -0.25) is 14.8 Å². The van der Waals surface area contributed by atoms with Crippen molar-refractivity contribution in [1.82, 2.24) is 15.4 Å². The van der Waals surface area contributed by atoms with Crippen LogP contribution in [0, 0.1) is 11.8 Å². The first-order chi connectivity index (χ1) is 15.2. The second-order valence-electron chi connectivity index (χ2n) is 6.90. The van der Waals surface area contributed by atoms with Gasteiger partial charge in [0.2, 0.25) is 0 Å². The average molecular weight is 432 g/mol. The number of aliphatic imine (C=N–C) groups is 1. The molecule has 8 N–H and O–H groups in total. The van der Waals surface area contributed by atoms with Gasteiger partial charge >= 0.3 is 0 Å². The van der Waals surface area contributed by atoms with Crippen molar-refractivity contribution in [3.63, 3.8) is 0 Å². The standard InChI is InChI=1S/C22H20N6O4/c1-22(31,17-12-25-21(24)26-17)18(20(30)28-32)27-19(29)15-8-4-13(5-9-15)2-3-14-6-10-16(23)11-7-14/h4-12,31-32H,23H2,1H3,(H,28,30)(H3,24,25,26)/b27-18-. The average Bonchev–Trinajstić information content (AvgIpc) is 3.24. The summed E-state index contributed by atoms with van der Waals surface area (Å²) in [6.45, 7) is 1.19. The number of hydrogen-bond acceptors (Lipinski definition) is 7. The van der Waals surface area contributed by atoms with Crippen LogP contribution in [0.15, 0.2) is 59.7 Å². The molecule has 3 aromatic rings. The molecule has 0 aliphatic carbocycles. The lowest BCUT2D eigenvalue weighted by Gasteiger charge is -2.21. The lowest BCUT2D eigenvalue weighted by Crippen LogP contribution is -2.44. The predicted molar refractivity (Wildman–Crippen MR) is 118 cm³/mol. The molecule has 0 saturated heterocycles. The highest BCUT2D eigenvalue weighted by Crippen LogP contribution is 2.22. The zero-order valence-electron chi connectivity index (χ0n) is 17.0. The fourth-order valence-corrected chi connectivity index (χ4v) is 2.71. The van der Waals surface area contributed by atoms with Crippen LogP contribution in [-0.4, -0.2) is 37.8 Å². The van der Waals surface area contributed by atoms with E-state index in [2.05, 4.69) is 26.8 Å². The maximum atomic E-state index is 12.6. The number of hydroxylamine groups is 1. The summed E-state index contributed by atoms with van der Waals surface area (Å²) in [5.41, 5.74) is 11.9. The minimum Gasteiger partial charge on any atom is -0.399 e. The van der Waals surface area contributed by atoms with E-state index in [9.17, 15) is 14.7 Å². The molecule has 0 spiro atoms. The number of H-pyrrole nitrogens is 1. The van der Waals surface area contributed by atoms with E-state index >= 15 is 0 Å². The van der Waals surface area contributed by atoms with Crippen molar-refractivity contribution in [3.05, 3.63) is 77.1 Å². The van der Waals surface area contributed by atoms with Crippen LogP contribution in [0.1, 0.15) is 34.1 Å². The van der Waals surface area contributed by atoms with E-state index in [0.717, 1.165) is 5.56 Å². The third kappa shape index (κ3) is 4.99. The molecule has 1 heterocycles. The third-order valence-corrected chi connectivity index (χ3v) is 4.48. The van der Waals surface area contributed by atoms with Gasteiger partial charge in [-0.25, -0.2) is 15.5 Å². The number of aliphatic hydroxyl groups is 1. The Morgan fingerprint density at radius 1 is 1.06 bits per heavy atom. The number of anilines is 2. The van der Waals surface area contributed by atoms with Gasteiger partial charge in [-0.1, -0.05) is 11.8 Å². The first kappa shape index (κ1) is 22.2. The summed E-state index contributed by atoms with van der Waals surface area (Å²) in [7, 11) is 0. The van der Waals surface area contributed by atoms with Gasteiger partial charge in [0.25, 0.3) is 11.8 Å². The third-order valence-electron chi connectivity index (χ3n) is 4.48. The molecular formula is C22H20N6O4. The zero-order chi connectivity index (χ0) is 23.3. The van der Waals surface area contributed by atoms with Crippen molar-refractivity contribution >= 4 is 29.2 Å². The highest BCUT2D eigenvalue weighted by molar-refractivity contribution is 6.43. The van der Waals surface area contributed by atoms with Crippen LogP contribution in [0.4, 0.5) is 11.6 Å². The molecule has 162 valence electrons. The highest BCUT2D eigenvalue weighted by atomic mass is 16.5. The smallest absolute Gasteiger partial charge is 0.292 e. The fraction of sp³-hybridized carbons (Fsp3) is 0.0909. The maximum absolute atomic E-state index is 12.6. The summed E-state index contributed by atoms with van der Waals surface area (Å²) in [4.78, 5) is 34.9. The molecule has 0 fully saturated rings. The Morgan fingerprint density at radius 2 is 1.62 bits per heavy atom. The summed E-state index contributed by atoms with van der Waals surface area (Å²) < 4.78 is 0. The molecule has 0 bridgehead atoms. The van der Waals surface area contributed by atoms with Crippen molar-refractivity contribution in [2.75, 3.05) is 11.5 Å². The number of amides is 2. The monoisotopic (exact) mass is 432 g/mol. The second kappa shape index (κ2) is 9.13. The van der Waals surface area contributed by atoms with Gasteiger partial charge in [0.15, 0.2) is 11.5 Å². The largest absolute Gasteiger partial charge is 0.399 e. The van der Waals surface area contributed by atoms with E-state index in [1.165, 1.54) is 30.7 Å². The summed E-state index contributed by atoms with van der Waals surface area (Å²) in [6.07, 6.45) is 1.26. The van der Waals surface area contributed by atoms with Crippen LogP contribution in [0.25, 0.3) is 0 Å². The Morgan fingerprint density at radius 3 is 2.12 bits per heavy atom. The Balaban J connectivity index is 1.86. The Labute approximate surface area is 183 Å².